The molecule has 0 bridgehead atoms. The summed E-state index contributed by atoms with van der Waals surface area (Å²) in [5.74, 6) is 0.819. The molecule has 0 aliphatic carbocycles. The van der Waals surface area contributed by atoms with E-state index in [-0.39, 0.29) is 0 Å². The minimum absolute atomic E-state index is 0.648. The number of hydrogen-bond acceptors (Lipinski definition) is 3. The third kappa shape index (κ3) is 2.04. The van der Waals surface area contributed by atoms with E-state index in [0.29, 0.717) is 4.64 Å². The van der Waals surface area contributed by atoms with E-state index in [1.54, 1.807) is 0 Å². The highest BCUT2D eigenvalue weighted by atomic mass is 32.1. The third-order valence-electron chi connectivity index (χ3n) is 1.59. The Balaban J connectivity index is 3.15. The van der Waals surface area contributed by atoms with Crippen molar-refractivity contribution < 1.29 is 0 Å². The number of hydrogen-bond donors (Lipinski definition) is 1. The monoisotopic (exact) mass is 183 g/mol. The van der Waals surface area contributed by atoms with Crippen molar-refractivity contribution in [3.05, 3.63) is 16.4 Å². The normalized spacial score (nSPS) is 9.92. The van der Waals surface area contributed by atoms with E-state index in [1.807, 2.05) is 25.1 Å². The Morgan fingerprint density at radius 3 is 2.75 bits per heavy atom. The van der Waals surface area contributed by atoms with Crippen LogP contribution in [0, 0.1) is 4.64 Å². The molecule has 1 N–H and O–H groups in total. The van der Waals surface area contributed by atoms with Gasteiger partial charge in [0, 0.05) is 19.8 Å². The van der Waals surface area contributed by atoms with Gasteiger partial charge in [0.2, 0.25) is 5.95 Å². The molecule has 0 amide bonds. The van der Waals surface area contributed by atoms with Crippen LogP contribution in [0.3, 0.4) is 0 Å². The Hall–Kier alpha value is -0.900. The van der Waals surface area contributed by atoms with Crippen molar-refractivity contribution in [2.75, 3.05) is 19.0 Å². The molecule has 0 aliphatic rings. The van der Waals surface area contributed by atoms with E-state index < -0.39 is 0 Å². The Bertz CT molecular complexity index is 316. The van der Waals surface area contributed by atoms with Gasteiger partial charge < -0.3 is 9.88 Å². The molecule has 0 aromatic carbocycles. The van der Waals surface area contributed by atoms with Crippen LogP contribution < -0.4 is 4.90 Å². The van der Waals surface area contributed by atoms with Crippen molar-refractivity contribution in [1.82, 2.24) is 9.97 Å². The van der Waals surface area contributed by atoms with Crippen LogP contribution in [0.4, 0.5) is 5.95 Å². The van der Waals surface area contributed by atoms with E-state index in [2.05, 4.69) is 16.9 Å². The van der Waals surface area contributed by atoms with Gasteiger partial charge in [0.05, 0.1) is 0 Å². The molecule has 1 heterocycles. The second kappa shape index (κ2) is 3.67. The first-order valence-corrected chi connectivity index (χ1v) is 4.32. The molecule has 0 saturated heterocycles. The maximum atomic E-state index is 5.01. The van der Waals surface area contributed by atoms with Gasteiger partial charge in [-0.05, 0) is 12.5 Å². The van der Waals surface area contributed by atoms with Crippen LogP contribution in [0.15, 0.2) is 6.07 Å². The number of nitrogens with one attached hydrogen (secondary N) is 1. The molecule has 3 nitrogen and oxygen atoms in total. The molecule has 0 saturated carbocycles. The highest BCUT2D eigenvalue weighted by Crippen LogP contribution is 2.05. The lowest BCUT2D eigenvalue weighted by Gasteiger charge is -2.11. The summed E-state index contributed by atoms with van der Waals surface area (Å²) in [6.45, 7) is 2.08. The van der Waals surface area contributed by atoms with Gasteiger partial charge >= 0.3 is 0 Å². The van der Waals surface area contributed by atoms with E-state index in [1.165, 1.54) is 0 Å². The van der Waals surface area contributed by atoms with Crippen molar-refractivity contribution in [3.8, 4) is 0 Å². The lowest BCUT2D eigenvalue weighted by molar-refractivity contribution is 0.934. The zero-order chi connectivity index (χ0) is 9.14. The van der Waals surface area contributed by atoms with E-state index in [4.69, 9.17) is 12.2 Å². The van der Waals surface area contributed by atoms with E-state index in [9.17, 15) is 0 Å². The Labute approximate surface area is 77.4 Å². The lowest BCUT2D eigenvalue weighted by atomic mass is 10.3. The molecule has 0 unspecified atom stereocenters. The van der Waals surface area contributed by atoms with Crippen LogP contribution in [0.25, 0.3) is 0 Å². The third-order valence-corrected chi connectivity index (χ3v) is 1.80. The zero-order valence-electron chi connectivity index (χ0n) is 7.59. The van der Waals surface area contributed by atoms with Crippen LogP contribution in [0.1, 0.15) is 12.6 Å². The molecule has 66 valence electrons. The number of aryl methyl sites for hydroxylation is 1. The standard InChI is InChI=1S/C8H13N3S/c1-4-6-5-7(12)10-8(9-6)11(2)3/h5H,4H2,1-3H3,(H,9,10,12). The summed E-state index contributed by atoms with van der Waals surface area (Å²) in [5, 5.41) is 0. The summed E-state index contributed by atoms with van der Waals surface area (Å²) in [4.78, 5) is 9.26. The minimum Gasteiger partial charge on any atom is -0.349 e. The fourth-order valence-electron chi connectivity index (χ4n) is 0.896. The van der Waals surface area contributed by atoms with Crippen molar-refractivity contribution >= 4 is 18.2 Å². The minimum atomic E-state index is 0.648. The summed E-state index contributed by atoms with van der Waals surface area (Å²) in [5.41, 5.74) is 1.12. The number of aromatic nitrogens is 2. The van der Waals surface area contributed by atoms with Crippen molar-refractivity contribution in [2.24, 2.45) is 0 Å². The fourth-order valence-corrected chi connectivity index (χ4v) is 1.12. The average Bonchev–Trinajstić information content (AvgIpc) is 2.03. The van der Waals surface area contributed by atoms with Gasteiger partial charge in [0.25, 0.3) is 0 Å². The molecule has 0 aliphatic heterocycles. The van der Waals surface area contributed by atoms with E-state index >= 15 is 0 Å². The van der Waals surface area contributed by atoms with Gasteiger partial charge in [0.15, 0.2) is 0 Å². The largest absolute Gasteiger partial charge is 0.349 e. The molecule has 0 fully saturated rings. The van der Waals surface area contributed by atoms with Gasteiger partial charge in [0.1, 0.15) is 4.64 Å². The Morgan fingerprint density at radius 1 is 1.58 bits per heavy atom. The number of anilines is 1. The van der Waals surface area contributed by atoms with Gasteiger partial charge in [-0.3, -0.25) is 0 Å². The summed E-state index contributed by atoms with van der Waals surface area (Å²) in [7, 11) is 3.88. The first-order chi connectivity index (χ1) is 5.63. The molecular weight excluding hydrogens is 170 g/mol. The smallest absolute Gasteiger partial charge is 0.203 e. The van der Waals surface area contributed by atoms with Crippen LogP contribution in [-0.4, -0.2) is 24.1 Å². The molecule has 1 rings (SSSR count). The second-order valence-corrected chi connectivity index (χ2v) is 3.23. The van der Waals surface area contributed by atoms with Gasteiger partial charge in [-0.25, -0.2) is 4.98 Å². The fraction of sp³-hybridized carbons (Fsp3) is 0.500. The summed E-state index contributed by atoms with van der Waals surface area (Å²) >= 11 is 5.01. The molecular formula is C8H13N3S. The van der Waals surface area contributed by atoms with Crippen molar-refractivity contribution in [3.63, 3.8) is 0 Å². The molecule has 0 spiro atoms. The quantitative estimate of drug-likeness (QED) is 0.709. The van der Waals surface area contributed by atoms with Gasteiger partial charge in [-0.1, -0.05) is 19.1 Å². The zero-order valence-corrected chi connectivity index (χ0v) is 8.40. The first kappa shape index (κ1) is 9.19. The molecule has 12 heavy (non-hydrogen) atoms. The topological polar surface area (TPSA) is 31.9 Å². The summed E-state index contributed by atoms with van der Waals surface area (Å²) in [6.07, 6.45) is 0.951. The summed E-state index contributed by atoms with van der Waals surface area (Å²) in [6, 6.07) is 1.89. The molecule has 1 aromatic rings. The molecule has 1 aromatic heterocycles. The molecule has 0 radical (unpaired) electrons. The average molecular weight is 183 g/mol. The van der Waals surface area contributed by atoms with Gasteiger partial charge in [-0.15, -0.1) is 0 Å². The maximum Gasteiger partial charge on any atom is 0.203 e. The van der Waals surface area contributed by atoms with Crippen LogP contribution >= 0.6 is 12.2 Å². The van der Waals surface area contributed by atoms with Crippen molar-refractivity contribution in [1.29, 1.82) is 0 Å². The van der Waals surface area contributed by atoms with E-state index in [0.717, 1.165) is 18.1 Å². The highest BCUT2D eigenvalue weighted by molar-refractivity contribution is 7.71. The Morgan fingerprint density at radius 2 is 2.25 bits per heavy atom. The van der Waals surface area contributed by atoms with Gasteiger partial charge in [-0.2, -0.15) is 0 Å². The van der Waals surface area contributed by atoms with Crippen LogP contribution in [-0.2, 0) is 6.42 Å². The second-order valence-electron chi connectivity index (χ2n) is 2.82. The number of H-pyrrole nitrogens is 1. The lowest BCUT2D eigenvalue weighted by Crippen LogP contribution is -2.13. The number of aromatic amines is 1. The highest BCUT2D eigenvalue weighted by Gasteiger charge is 1.98. The molecule has 4 heteroatoms. The predicted octanol–water partition coefficient (Wildman–Crippen LogP) is 1.77. The first-order valence-electron chi connectivity index (χ1n) is 3.91. The maximum absolute atomic E-state index is 5.01. The number of nitrogens with zero attached hydrogens (tertiary/aromatic N) is 2. The van der Waals surface area contributed by atoms with Crippen molar-refractivity contribution in [2.45, 2.75) is 13.3 Å². The predicted molar refractivity (Wildman–Crippen MR) is 53.1 cm³/mol. The van der Waals surface area contributed by atoms with Crippen LogP contribution in [0.5, 0.6) is 0 Å². The Kier molecular flexibility index (Phi) is 2.81. The SMILES string of the molecule is CCc1cc(=S)nc(N(C)C)[nH]1. The summed E-state index contributed by atoms with van der Waals surface area (Å²) < 4.78 is 0.648. The number of rotatable bonds is 2. The van der Waals surface area contributed by atoms with Crippen LogP contribution in [0.2, 0.25) is 0 Å². The molecule has 0 atom stereocenters.